The first-order valence-electron chi connectivity index (χ1n) is 2.92. The number of rotatable bonds is 1. The van der Waals surface area contributed by atoms with Gasteiger partial charge in [0, 0.05) is 17.0 Å². The molecule has 0 aliphatic carbocycles. The molecule has 0 unspecified atom stereocenters. The molecular weight excluding hydrogens is 144 g/mol. The number of benzene rings is 1. The first-order chi connectivity index (χ1) is 4.70. The summed E-state index contributed by atoms with van der Waals surface area (Å²) < 4.78 is 1.06. The Labute approximate surface area is 65.4 Å². The van der Waals surface area contributed by atoms with Gasteiger partial charge in [0.2, 0.25) is 0 Å². The predicted molar refractivity (Wildman–Crippen MR) is 42.9 cm³/mol. The fourth-order valence-corrected chi connectivity index (χ4v) is 0.817. The highest BCUT2D eigenvalue weighted by molar-refractivity contribution is 7.80. The van der Waals surface area contributed by atoms with Crippen LogP contribution in [0.25, 0.3) is 5.53 Å². The van der Waals surface area contributed by atoms with E-state index in [1.54, 1.807) is 19.2 Å². The Hall–Kier alpha value is -0.830. The van der Waals surface area contributed by atoms with Crippen molar-refractivity contribution in [2.75, 3.05) is 7.05 Å². The maximum atomic E-state index is 8.92. The summed E-state index contributed by atoms with van der Waals surface area (Å²) in [6.45, 7) is 0. The lowest BCUT2D eigenvalue weighted by Crippen LogP contribution is -1.87. The minimum atomic E-state index is 0.762. The van der Waals surface area contributed by atoms with Crippen LogP contribution in [0.2, 0.25) is 0 Å². The van der Waals surface area contributed by atoms with E-state index in [0.717, 1.165) is 15.3 Å². The molecule has 1 aromatic rings. The summed E-state index contributed by atoms with van der Waals surface area (Å²) in [5, 5.41) is 0. The maximum absolute atomic E-state index is 8.92. The third-order valence-corrected chi connectivity index (χ3v) is 1.52. The van der Waals surface area contributed by atoms with Crippen LogP contribution in [-0.4, -0.2) is 11.7 Å². The normalized spacial score (nSPS) is 9.40. The lowest BCUT2D eigenvalue weighted by Gasteiger charge is -1.97. The number of thiol groups is 1. The van der Waals surface area contributed by atoms with Crippen LogP contribution in [-0.2, 0) is 0 Å². The van der Waals surface area contributed by atoms with E-state index in [0.29, 0.717) is 0 Å². The van der Waals surface area contributed by atoms with Gasteiger partial charge >= 0.3 is 0 Å². The SMILES string of the molecule is C[N+](=[N-])c1ccc(S)cc1. The van der Waals surface area contributed by atoms with Gasteiger partial charge in [0.1, 0.15) is 7.05 Å². The van der Waals surface area contributed by atoms with Gasteiger partial charge in [-0.1, -0.05) is 0 Å². The second kappa shape index (κ2) is 2.84. The van der Waals surface area contributed by atoms with Crippen LogP contribution in [0.15, 0.2) is 29.2 Å². The topological polar surface area (TPSA) is 25.3 Å². The molecular formula is C7H8N2S. The monoisotopic (exact) mass is 152 g/mol. The smallest absolute Gasteiger partial charge is 0.194 e. The van der Waals surface area contributed by atoms with E-state index in [9.17, 15) is 0 Å². The van der Waals surface area contributed by atoms with Crippen LogP contribution in [0, 0.1) is 0 Å². The summed E-state index contributed by atoms with van der Waals surface area (Å²) >= 11 is 4.10. The molecule has 0 atom stereocenters. The molecule has 3 heteroatoms. The number of hydrogen-bond acceptors (Lipinski definition) is 1. The average Bonchev–Trinajstić information content (AvgIpc) is 1.88. The van der Waals surface area contributed by atoms with Gasteiger partial charge in [0.05, 0.1) is 0 Å². The van der Waals surface area contributed by atoms with Gasteiger partial charge in [0.25, 0.3) is 0 Å². The first-order valence-corrected chi connectivity index (χ1v) is 3.36. The van der Waals surface area contributed by atoms with Crippen LogP contribution >= 0.6 is 12.6 Å². The van der Waals surface area contributed by atoms with Crippen LogP contribution in [0.3, 0.4) is 0 Å². The molecule has 0 N–H and O–H groups in total. The Balaban J connectivity index is 3.00. The minimum Gasteiger partial charge on any atom is -0.500 e. The molecule has 1 aromatic carbocycles. The zero-order valence-electron chi connectivity index (χ0n) is 5.65. The largest absolute Gasteiger partial charge is 0.500 e. The second-order valence-corrected chi connectivity index (χ2v) is 2.56. The van der Waals surface area contributed by atoms with Crippen molar-refractivity contribution in [1.82, 2.24) is 0 Å². The molecule has 0 bridgehead atoms. The second-order valence-electron chi connectivity index (χ2n) is 2.04. The maximum Gasteiger partial charge on any atom is 0.194 e. The summed E-state index contributed by atoms with van der Waals surface area (Å²) in [6, 6.07) is 7.24. The number of hydrogen-bond donors (Lipinski definition) is 1. The zero-order valence-corrected chi connectivity index (χ0v) is 6.55. The van der Waals surface area contributed by atoms with Crippen molar-refractivity contribution in [2.24, 2.45) is 0 Å². The molecule has 0 radical (unpaired) electrons. The van der Waals surface area contributed by atoms with E-state index in [1.165, 1.54) is 0 Å². The van der Waals surface area contributed by atoms with Gasteiger partial charge in [-0.2, -0.15) is 0 Å². The molecule has 0 aliphatic heterocycles. The summed E-state index contributed by atoms with van der Waals surface area (Å²) in [6.07, 6.45) is 0. The molecule has 0 spiro atoms. The lowest BCUT2D eigenvalue weighted by atomic mass is 10.3. The third kappa shape index (κ3) is 1.57. The van der Waals surface area contributed by atoms with Gasteiger partial charge < -0.3 is 5.53 Å². The van der Waals surface area contributed by atoms with E-state index in [1.807, 2.05) is 12.1 Å². The quantitative estimate of drug-likeness (QED) is 0.363. The van der Waals surface area contributed by atoms with Crippen molar-refractivity contribution in [3.63, 3.8) is 0 Å². The summed E-state index contributed by atoms with van der Waals surface area (Å²) in [4.78, 5) is 0.894. The molecule has 0 heterocycles. The highest BCUT2D eigenvalue weighted by Crippen LogP contribution is 2.13. The molecule has 0 aliphatic rings. The molecule has 0 saturated heterocycles. The predicted octanol–water partition coefficient (Wildman–Crippen LogP) is 2.27. The molecule has 1 rings (SSSR count). The van der Waals surface area contributed by atoms with Crippen LogP contribution < -0.4 is 0 Å². The Morgan fingerprint density at radius 3 is 2.20 bits per heavy atom. The first kappa shape index (κ1) is 7.28. The van der Waals surface area contributed by atoms with Crippen molar-refractivity contribution in [1.29, 1.82) is 0 Å². The van der Waals surface area contributed by atoms with Gasteiger partial charge in [-0.3, -0.25) is 4.70 Å². The van der Waals surface area contributed by atoms with Crippen molar-refractivity contribution in [3.8, 4) is 0 Å². The Kier molecular flexibility index (Phi) is 2.06. The van der Waals surface area contributed by atoms with Crippen molar-refractivity contribution in [3.05, 3.63) is 29.8 Å². The summed E-state index contributed by atoms with van der Waals surface area (Å²) in [5.74, 6) is 0. The fraction of sp³-hybridized carbons (Fsp3) is 0.143. The molecule has 10 heavy (non-hydrogen) atoms. The summed E-state index contributed by atoms with van der Waals surface area (Å²) in [7, 11) is 1.58. The fourth-order valence-electron chi connectivity index (χ4n) is 0.668. The van der Waals surface area contributed by atoms with Crippen molar-refractivity contribution < 1.29 is 4.70 Å². The van der Waals surface area contributed by atoms with Crippen LogP contribution in [0.1, 0.15) is 0 Å². The molecule has 2 nitrogen and oxygen atoms in total. The van der Waals surface area contributed by atoms with Crippen molar-refractivity contribution >= 4 is 18.3 Å². The lowest BCUT2D eigenvalue weighted by molar-refractivity contribution is -0.428. The van der Waals surface area contributed by atoms with E-state index in [4.69, 9.17) is 5.53 Å². The van der Waals surface area contributed by atoms with Crippen LogP contribution in [0.4, 0.5) is 5.69 Å². The number of nitrogens with zero attached hydrogens (tertiary/aromatic N) is 2. The molecule has 0 saturated carbocycles. The average molecular weight is 152 g/mol. The van der Waals surface area contributed by atoms with Gasteiger partial charge in [0.15, 0.2) is 5.69 Å². The Morgan fingerprint density at radius 2 is 1.80 bits per heavy atom. The highest BCUT2D eigenvalue weighted by atomic mass is 32.1. The molecule has 0 fully saturated rings. The van der Waals surface area contributed by atoms with Gasteiger partial charge in [-0.25, -0.2) is 0 Å². The Morgan fingerprint density at radius 1 is 1.30 bits per heavy atom. The zero-order chi connectivity index (χ0) is 7.56. The van der Waals surface area contributed by atoms with E-state index >= 15 is 0 Å². The van der Waals surface area contributed by atoms with Gasteiger partial charge in [-0.05, 0) is 12.1 Å². The highest BCUT2D eigenvalue weighted by Gasteiger charge is 1.93. The van der Waals surface area contributed by atoms with Crippen LogP contribution in [0.5, 0.6) is 0 Å². The van der Waals surface area contributed by atoms with Gasteiger partial charge in [-0.15, -0.1) is 12.6 Å². The molecule has 0 aromatic heterocycles. The molecule has 52 valence electrons. The van der Waals surface area contributed by atoms with E-state index in [-0.39, 0.29) is 0 Å². The Bertz CT molecular complexity index is 240. The standard InChI is InChI=1S/C7H8N2S/c1-9(8)6-2-4-7(10)5-3-6/h2-5,10H,1H3. The summed E-state index contributed by atoms with van der Waals surface area (Å²) in [5.41, 5.74) is 9.68. The van der Waals surface area contributed by atoms with E-state index < -0.39 is 0 Å². The minimum absolute atomic E-state index is 0.762. The van der Waals surface area contributed by atoms with E-state index in [2.05, 4.69) is 12.6 Å². The third-order valence-electron chi connectivity index (χ3n) is 1.22. The van der Waals surface area contributed by atoms with Crippen molar-refractivity contribution in [2.45, 2.75) is 4.90 Å². The molecule has 0 amide bonds.